The molecule has 1 saturated heterocycles. The molecule has 5 heteroatoms. The second-order valence-corrected chi connectivity index (χ2v) is 4.08. The van der Waals surface area contributed by atoms with Gasteiger partial charge in [0.15, 0.2) is 0 Å². The summed E-state index contributed by atoms with van der Waals surface area (Å²) in [7, 11) is 0. The number of amides is 2. The highest BCUT2D eigenvalue weighted by Gasteiger charge is 2.22. The van der Waals surface area contributed by atoms with Gasteiger partial charge in [-0.05, 0) is 6.07 Å². The highest BCUT2D eigenvalue weighted by Crippen LogP contribution is 2.16. The third-order valence-corrected chi connectivity index (χ3v) is 2.69. The van der Waals surface area contributed by atoms with Gasteiger partial charge in [0.25, 0.3) is 0 Å². The molecule has 0 saturated carbocycles. The lowest BCUT2D eigenvalue weighted by Gasteiger charge is -2.10. The molecule has 90 valence electrons. The molecule has 1 heterocycles. The van der Waals surface area contributed by atoms with Crippen LogP contribution in [-0.2, 0) is 16.0 Å². The molecule has 1 aliphatic heterocycles. The predicted molar refractivity (Wildman–Crippen MR) is 61.4 cm³/mol. The normalized spacial score (nSPS) is 18.8. The highest BCUT2D eigenvalue weighted by atomic mass is 16.3. The van der Waals surface area contributed by atoms with E-state index < -0.39 is 0 Å². The number of hydrogen-bond donors (Lipinski definition) is 3. The number of benzene rings is 1. The van der Waals surface area contributed by atoms with Crippen molar-refractivity contribution in [2.45, 2.75) is 18.9 Å². The van der Waals surface area contributed by atoms with Crippen molar-refractivity contribution in [2.75, 3.05) is 6.54 Å². The van der Waals surface area contributed by atoms with Gasteiger partial charge in [-0.2, -0.15) is 0 Å². The van der Waals surface area contributed by atoms with E-state index in [1.54, 1.807) is 24.3 Å². The number of carbonyl (C=O) groups excluding carboxylic acids is 2. The molecular weight excluding hydrogens is 220 g/mol. The average molecular weight is 234 g/mol. The van der Waals surface area contributed by atoms with Gasteiger partial charge in [0.05, 0.1) is 12.5 Å². The topological polar surface area (TPSA) is 78.4 Å². The lowest BCUT2D eigenvalue weighted by Crippen LogP contribution is -2.37. The van der Waals surface area contributed by atoms with Gasteiger partial charge in [-0.25, -0.2) is 0 Å². The van der Waals surface area contributed by atoms with Crippen molar-refractivity contribution in [3.8, 4) is 5.75 Å². The maximum atomic E-state index is 11.7. The van der Waals surface area contributed by atoms with E-state index in [0.29, 0.717) is 18.5 Å². The van der Waals surface area contributed by atoms with Gasteiger partial charge >= 0.3 is 0 Å². The number of para-hydroxylation sites is 1. The third-order valence-electron chi connectivity index (χ3n) is 2.69. The fraction of sp³-hybridized carbons (Fsp3) is 0.333. The third kappa shape index (κ3) is 2.96. The molecule has 1 unspecified atom stereocenters. The van der Waals surface area contributed by atoms with Gasteiger partial charge in [-0.1, -0.05) is 18.2 Å². The van der Waals surface area contributed by atoms with Gasteiger partial charge in [-0.15, -0.1) is 0 Å². The number of carbonyl (C=O) groups is 2. The fourth-order valence-corrected chi connectivity index (χ4v) is 1.82. The Labute approximate surface area is 98.8 Å². The Morgan fingerprint density at radius 2 is 2.24 bits per heavy atom. The van der Waals surface area contributed by atoms with Crippen molar-refractivity contribution >= 4 is 11.8 Å². The SMILES string of the molecule is O=C1CC(NC(=O)Cc2ccccc2O)CN1. The first-order chi connectivity index (χ1) is 8.15. The van der Waals surface area contributed by atoms with Crippen molar-refractivity contribution in [3.05, 3.63) is 29.8 Å². The second-order valence-electron chi connectivity index (χ2n) is 4.08. The van der Waals surface area contributed by atoms with Crippen molar-refractivity contribution in [1.82, 2.24) is 10.6 Å². The quantitative estimate of drug-likeness (QED) is 0.685. The molecule has 0 radical (unpaired) electrons. The lowest BCUT2D eigenvalue weighted by molar-refractivity contribution is -0.121. The zero-order chi connectivity index (χ0) is 12.3. The zero-order valence-electron chi connectivity index (χ0n) is 9.27. The Hall–Kier alpha value is -2.04. The van der Waals surface area contributed by atoms with Crippen LogP contribution in [-0.4, -0.2) is 29.5 Å². The van der Waals surface area contributed by atoms with Gasteiger partial charge in [0.2, 0.25) is 11.8 Å². The Morgan fingerprint density at radius 3 is 2.88 bits per heavy atom. The van der Waals surface area contributed by atoms with Gasteiger partial charge in [0.1, 0.15) is 5.75 Å². The number of hydrogen-bond acceptors (Lipinski definition) is 3. The molecule has 1 fully saturated rings. The summed E-state index contributed by atoms with van der Waals surface area (Å²) < 4.78 is 0. The van der Waals surface area contributed by atoms with Gasteiger partial charge in [0, 0.05) is 18.5 Å². The minimum absolute atomic E-state index is 0.0436. The molecular formula is C12H14N2O3. The summed E-state index contributed by atoms with van der Waals surface area (Å²) in [6.07, 6.45) is 0.448. The first-order valence-electron chi connectivity index (χ1n) is 5.48. The van der Waals surface area contributed by atoms with Crippen molar-refractivity contribution < 1.29 is 14.7 Å². The summed E-state index contributed by atoms with van der Waals surface area (Å²) >= 11 is 0. The molecule has 0 bridgehead atoms. The smallest absolute Gasteiger partial charge is 0.224 e. The van der Waals surface area contributed by atoms with E-state index in [9.17, 15) is 14.7 Å². The lowest BCUT2D eigenvalue weighted by atomic mass is 10.1. The minimum Gasteiger partial charge on any atom is -0.508 e. The Kier molecular flexibility index (Phi) is 3.27. The van der Waals surface area contributed by atoms with E-state index >= 15 is 0 Å². The molecule has 5 nitrogen and oxygen atoms in total. The van der Waals surface area contributed by atoms with Crippen LogP contribution in [0.25, 0.3) is 0 Å². The maximum absolute atomic E-state index is 11.7. The van der Waals surface area contributed by atoms with Crippen LogP contribution >= 0.6 is 0 Å². The molecule has 17 heavy (non-hydrogen) atoms. The van der Waals surface area contributed by atoms with Crippen LogP contribution in [0, 0.1) is 0 Å². The molecule has 2 amide bonds. The van der Waals surface area contributed by atoms with Crippen molar-refractivity contribution in [2.24, 2.45) is 0 Å². The monoisotopic (exact) mass is 234 g/mol. The van der Waals surface area contributed by atoms with Crippen LogP contribution in [0.3, 0.4) is 0 Å². The van der Waals surface area contributed by atoms with E-state index in [4.69, 9.17) is 0 Å². The van der Waals surface area contributed by atoms with E-state index in [2.05, 4.69) is 10.6 Å². The van der Waals surface area contributed by atoms with Crippen molar-refractivity contribution in [1.29, 1.82) is 0 Å². The molecule has 2 rings (SSSR count). The Balaban J connectivity index is 1.89. The Bertz CT molecular complexity index is 445. The van der Waals surface area contributed by atoms with Crippen LogP contribution in [0.5, 0.6) is 5.75 Å². The molecule has 0 aliphatic carbocycles. The number of rotatable bonds is 3. The van der Waals surface area contributed by atoms with E-state index in [-0.39, 0.29) is 30.0 Å². The average Bonchev–Trinajstić information content (AvgIpc) is 2.67. The van der Waals surface area contributed by atoms with Gasteiger partial charge in [-0.3, -0.25) is 9.59 Å². The van der Waals surface area contributed by atoms with Crippen LogP contribution in [0.2, 0.25) is 0 Å². The fourth-order valence-electron chi connectivity index (χ4n) is 1.82. The highest BCUT2D eigenvalue weighted by molar-refractivity contribution is 5.83. The largest absolute Gasteiger partial charge is 0.508 e. The number of phenolic OH excluding ortho intramolecular Hbond substituents is 1. The zero-order valence-corrected chi connectivity index (χ0v) is 9.27. The minimum atomic E-state index is -0.187. The standard InChI is InChI=1S/C12H14N2O3/c15-10-4-2-1-3-8(10)5-12(17)14-9-6-11(16)13-7-9/h1-4,9,15H,5-7H2,(H,13,16)(H,14,17). The molecule has 1 aliphatic rings. The summed E-state index contributed by atoms with van der Waals surface area (Å²) in [5.74, 6) is -0.117. The molecule has 1 atom stereocenters. The van der Waals surface area contributed by atoms with E-state index in [1.807, 2.05) is 0 Å². The van der Waals surface area contributed by atoms with E-state index in [1.165, 1.54) is 0 Å². The molecule has 1 aromatic rings. The molecule has 0 aromatic heterocycles. The summed E-state index contributed by atoms with van der Waals surface area (Å²) in [5.41, 5.74) is 0.585. The first kappa shape index (κ1) is 11.4. The summed E-state index contributed by atoms with van der Waals surface area (Å²) in [6.45, 7) is 0.478. The van der Waals surface area contributed by atoms with Crippen LogP contribution in [0.1, 0.15) is 12.0 Å². The predicted octanol–water partition coefficient (Wildman–Crippen LogP) is -0.0606. The Morgan fingerprint density at radius 1 is 1.47 bits per heavy atom. The number of nitrogens with one attached hydrogen (secondary N) is 2. The van der Waals surface area contributed by atoms with Crippen molar-refractivity contribution in [3.63, 3.8) is 0 Å². The summed E-state index contributed by atoms with van der Waals surface area (Å²) in [6, 6.07) is 6.58. The molecule has 0 spiro atoms. The first-order valence-corrected chi connectivity index (χ1v) is 5.48. The number of aromatic hydroxyl groups is 1. The maximum Gasteiger partial charge on any atom is 0.224 e. The number of phenols is 1. The van der Waals surface area contributed by atoms with Crippen LogP contribution in [0.15, 0.2) is 24.3 Å². The van der Waals surface area contributed by atoms with Crippen LogP contribution < -0.4 is 10.6 Å². The van der Waals surface area contributed by atoms with Gasteiger partial charge < -0.3 is 15.7 Å². The second kappa shape index (κ2) is 4.86. The van der Waals surface area contributed by atoms with E-state index in [0.717, 1.165) is 0 Å². The molecule has 3 N–H and O–H groups in total. The van der Waals surface area contributed by atoms with Crippen LogP contribution in [0.4, 0.5) is 0 Å². The molecule has 1 aromatic carbocycles. The summed E-state index contributed by atoms with van der Waals surface area (Å²) in [4.78, 5) is 22.6. The summed E-state index contributed by atoms with van der Waals surface area (Å²) in [5, 5.41) is 14.9.